The molecule has 0 radical (unpaired) electrons. The maximum Gasteiger partial charge on any atom is 0.287 e. The second-order valence-corrected chi connectivity index (χ2v) is 5.15. The zero-order chi connectivity index (χ0) is 13.7. The molecule has 5 nitrogen and oxygen atoms in total. The number of ether oxygens (including phenoxy) is 1. The van der Waals surface area contributed by atoms with Gasteiger partial charge in [-0.15, -0.1) is 0 Å². The maximum atomic E-state index is 11.9. The van der Waals surface area contributed by atoms with Crippen molar-refractivity contribution in [1.82, 2.24) is 10.2 Å². The Kier molecular flexibility index (Phi) is 4.99. The number of rotatable bonds is 5. The highest BCUT2D eigenvalue weighted by Crippen LogP contribution is 2.12. The van der Waals surface area contributed by atoms with Gasteiger partial charge >= 0.3 is 0 Å². The molecule has 19 heavy (non-hydrogen) atoms. The van der Waals surface area contributed by atoms with Crippen LogP contribution in [0.15, 0.2) is 22.8 Å². The van der Waals surface area contributed by atoms with E-state index in [0.29, 0.717) is 24.3 Å². The van der Waals surface area contributed by atoms with Crippen molar-refractivity contribution < 1.29 is 13.9 Å². The molecule has 0 spiro atoms. The van der Waals surface area contributed by atoms with Gasteiger partial charge in [0.15, 0.2) is 5.76 Å². The second-order valence-electron chi connectivity index (χ2n) is 5.15. The van der Waals surface area contributed by atoms with Crippen molar-refractivity contribution in [1.29, 1.82) is 0 Å². The van der Waals surface area contributed by atoms with E-state index >= 15 is 0 Å². The predicted molar refractivity (Wildman–Crippen MR) is 72.1 cm³/mol. The van der Waals surface area contributed by atoms with Crippen LogP contribution in [0.1, 0.15) is 24.4 Å². The van der Waals surface area contributed by atoms with Crippen molar-refractivity contribution in [2.75, 3.05) is 32.8 Å². The van der Waals surface area contributed by atoms with Crippen LogP contribution in [0, 0.1) is 5.92 Å². The number of carbonyl (C=O) groups excluding carboxylic acids is 1. The third kappa shape index (κ3) is 3.81. The van der Waals surface area contributed by atoms with E-state index in [1.165, 1.54) is 6.26 Å². The number of nitrogens with zero attached hydrogens (tertiary/aromatic N) is 1. The number of furan rings is 1. The summed E-state index contributed by atoms with van der Waals surface area (Å²) in [6.07, 6.45) is 1.51. The smallest absolute Gasteiger partial charge is 0.287 e. The molecular formula is C14H22N2O3. The van der Waals surface area contributed by atoms with Gasteiger partial charge in [-0.3, -0.25) is 9.69 Å². The fourth-order valence-corrected chi connectivity index (χ4v) is 2.39. The summed E-state index contributed by atoms with van der Waals surface area (Å²) in [7, 11) is 0. The monoisotopic (exact) mass is 266 g/mol. The summed E-state index contributed by atoms with van der Waals surface area (Å²) in [5, 5.41) is 2.95. The summed E-state index contributed by atoms with van der Waals surface area (Å²) in [5.41, 5.74) is 0. The molecule has 1 N–H and O–H groups in total. The number of hydrogen-bond acceptors (Lipinski definition) is 4. The molecule has 1 aromatic rings. The van der Waals surface area contributed by atoms with E-state index < -0.39 is 0 Å². The highest BCUT2D eigenvalue weighted by atomic mass is 16.5. The molecule has 1 atom stereocenters. The highest BCUT2D eigenvalue weighted by Gasteiger charge is 2.24. The van der Waals surface area contributed by atoms with E-state index in [1.807, 2.05) is 0 Å². The minimum atomic E-state index is -0.149. The van der Waals surface area contributed by atoms with Crippen molar-refractivity contribution in [3.8, 4) is 0 Å². The van der Waals surface area contributed by atoms with Gasteiger partial charge in [0.05, 0.1) is 19.5 Å². The Morgan fingerprint density at radius 2 is 2.16 bits per heavy atom. The van der Waals surface area contributed by atoms with Crippen molar-refractivity contribution in [2.24, 2.45) is 5.92 Å². The number of nitrogens with one attached hydrogen (secondary N) is 1. The Bertz CT molecular complexity index is 383. The number of carbonyl (C=O) groups is 1. The second kappa shape index (κ2) is 6.73. The Morgan fingerprint density at radius 3 is 2.74 bits per heavy atom. The molecule has 0 saturated carbocycles. The van der Waals surface area contributed by atoms with Crippen molar-refractivity contribution in [2.45, 2.75) is 19.9 Å². The summed E-state index contributed by atoms with van der Waals surface area (Å²) >= 11 is 0. The van der Waals surface area contributed by atoms with Crippen LogP contribution < -0.4 is 5.32 Å². The van der Waals surface area contributed by atoms with Crippen molar-refractivity contribution >= 4 is 5.91 Å². The molecule has 0 aromatic carbocycles. The van der Waals surface area contributed by atoms with Gasteiger partial charge in [0, 0.05) is 25.7 Å². The molecule has 1 unspecified atom stereocenters. The maximum absolute atomic E-state index is 11.9. The molecule has 1 amide bonds. The first-order chi connectivity index (χ1) is 9.18. The van der Waals surface area contributed by atoms with E-state index in [-0.39, 0.29) is 5.91 Å². The molecule has 0 bridgehead atoms. The minimum absolute atomic E-state index is 0.149. The molecule has 5 heteroatoms. The average molecular weight is 266 g/mol. The van der Waals surface area contributed by atoms with Crippen LogP contribution in [0.2, 0.25) is 0 Å². The third-order valence-corrected chi connectivity index (χ3v) is 3.50. The Hall–Kier alpha value is -1.33. The molecule has 2 heterocycles. The lowest BCUT2D eigenvalue weighted by atomic mass is 10.0. The van der Waals surface area contributed by atoms with Crippen LogP contribution in [-0.2, 0) is 4.74 Å². The molecule has 2 rings (SSSR count). The lowest BCUT2D eigenvalue weighted by Gasteiger charge is -2.36. The van der Waals surface area contributed by atoms with Gasteiger partial charge in [-0.05, 0) is 18.1 Å². The average Bonchev–Trinajstić information content (AvgIpc) is 2.93. The van der Waals surface area contributed by atoms with E-state index in [4.69, 9.17) is 9.15 Å². The van der Waals surface area contributed by atoms with E-state index in [9.17, 15) is 4.79 Å². The largest absolute Gasteiger partial charge is 0.459 e. The lowest BCUT2D eigenvalue weighted by molar-refractivity contribution is 0.00666. The SMILES string of the molecule is CC(C)C(CNC(=O)c1ccco1)N1CCOCC1. The number of amides is 1. The standard InChI is InChI=1S/C14H22N2O3/c1-11(2)12(16-5-8-18-9-6-16)10-15-14(17)13-4-3-7-19-13/h3-4,7,11-12H,5-6,8-10H2,1-2H3,(H,15,17). The van der Waals surface area contributed by atoms with E-state index in [1.54, 1.807) is 12.1 Å². The number of hydrogen-bond donors (Lipinski definition) is 1. The molecule has 0 aliphatic carbocycles. The van der Waals surface area contributed by atoms with Gasteiger partial charge in [0.1, 0.15) is 0 Å². The van der Waals surface area contributed by atoms with Crippen LogP contribution in [0.5, 0.6) is 0 Å². The van der Waals surface area contributed by atoms with Crippen LogP contribution >= 0.6 is 0 Å². The summed E-state index contributed by atoms with van der Waals surface area (Å²) in [4.78, 5) is 14.3. The predicted octanol–water partition coefficient (Wildman–Crippen LogP) is 1.37. The fourth-order valence-electron chi connectivity index (χ4n) is 2.39. The first-order valence-electron chi connectivity index (χ1n) is 6.82. The third-order valence-electron chi connectivity index (χ3n) is 3.50. The summed E-state index contributed by atoms with van der Waals surface area (Å²) in [6.45, 7) is 8.40. The summed E-state index contributed by atoms with van der Waals surface area (Å²) in [6, 6.07) is 3.73. The molecule has 1 fully saturated rings. The van der Waals surface area contributed by atoms with Gasteiger partial charge in [-0.25, -0.2) is 0 Å². The first-order valence-corrected chi connectivity index (χ1v) is 6.82. The molecular weight excluding hydrogens is 244 g/mol. The van der Waals surface area contributed by atoms with E-state index in [2.05, 4.69) is 24.1 Å². The van der Waals surface area contributed by atoms with Gasteiger partial charge in [0.2, 0.25) is 0 Å². The van der Waals surface area contributed by atoms with Gasteiger partial charge < -0.3 is 14.5 Å². The minimum Gasteiger partial charge on any atom is -0.459 e. The zero-order valence-corrected chi connectivity index (χ0v) is 11.6. The van der Waals surface area contributed by atoms with Gasteiger partial charge in [-0.1, -0.05) is 13.8 Å². The molecule has 1 aliphatic heterocycles. The first kappa shape index (κ1) is 14.1. The molecule has 1 saturated heterocycles. The zero-order valence-electron chi connectivity index (χ0n) is 11.6. The molecule has 1 aromatic heterocycles. The van der Waals surface area contributed by atoms with Crippen LogP contribution in [0.3, 0.4) is 0 Å². The van der Waals surface area contributed by atoms with Gasteiger partial charge in [-0.2, -0.15) is 0 Å². The van der Waals surface area contributed by atoms with Crippen LogP contribution in [-0.4, -0.2) is 49.7 Å². The normalized spacial score (nSPS) is 18.5. The summed E-state index contributed by atoms with van der Waals surface area (Å²) in [5.74, 6) is 0.698. The quantitative estimate of drug-likeness (QED) is 0.874. The number of morpholine rings is 1. The Balaban J connectivity index is 1.88. The summed E-state index contributed by atoms with van der Waals surface area (Å²) < 4.78 is 10.5. The topological polar surface area (TPSA) is 54.7 Å². The molecule has 1 aliphatic rings. The fraction of sp³-hybridized carbons (Fsp3) is 0.643. The van der Waals surface area contributed by atoms with Crippen LogP contribution in [0.25, 0.3) is 0 Å². The van der Waals surface area contributed by atoms with Gasteiger partial charge in [0.25, 0.3) is 5.91 Å². The Morgan fingerprint density at radius 1 is 1.42 bits per heavy atom. The molecule has 106 valence electrons. The Labute approximate surface area is 113 Å². The van der Waals surface area contributed by atoms with Crippen molar-refractivity contribution in [3.05, 3.63) is 24.2 Å². The lowest BCUT2D eigenvalue weighted by Crippen LogP contribution is -2.51. The van der Waals surface area contributed by atoms with Crippen molar-refractivity contribution in [3.63, 3.8) is 0 Å². The van der Waals surface area contributed by atoms with E-state index in [0.717, 1.165) is 26.3 Å². The van der Waals surface area contributed by atoms with Crippen LogP contribution in [0.4, 0.5) is 0 Å². The highest BCUT2D eigenvalue weighted by molar-refractivity contribution is 5.91.